The van der Waals surface area contributed by atoms with Gasteiger partial charge >= 0.3 is 0 Å². The van der Waals surface area contributed by atoms with Crippen LogP contribution in [-0.4, -0.2) is 19.6 Å². The predicted octanol–water partition coefficient (Wildman–Crippen LogP) is 16.0. The third kappa shape index (κ3) is 8.61. The van der Waals surface area contributed by atoms with Crippen molar-refractivity contribution in [1.29, 1.82) is 0 Å². The largest absolute Gasteiger partial charge is 0.507 e. The van der Waals surface area contributed by atoms with Crippen LogP contribution in [0.5, 0.6) is 5.75 Å². The molecule has 0 aliphatic heterocycles. The Hall–Kier alpha value is -6.26. The molecule has 4 nitrogen and oxygen atoms in total. The van der Waals surface area contributed by atoms with Gasteiger partial charge < -0.3 is 5.11 Å². The number of nitrogens with zero attached hydrogens (tertiary/aromatic N) is 3. The Labute approximate surface area is 384 Å². The summed E-state index contributed by atoms with van der Waals surface area (Å²) in [7, 11) is 0. The zero-order chi connectivity index (χ0) is 50.3. The van der Waals surface area contributed by atoms with Crippen LogP contribution in [0.3, 0.4) is 0 Å². The summed E-state index contributed by atoms with van der Waals surface area (Å²) in [6.07, 6.45) is -0.317. The van der Waals surface area contributed by atoms with Crippen molar-refractivity contribution in [2.75, 3.05) is 0 Å². The molecule has 0 saturated carbocycles. The van der Waals surface area contributed by atoms with Crippen LogP contribution in [-0.2, 0) is 21.7 Å². The number of aryl methyl sites for hydroxylation is 1. The Morgan fingerprint density at radius 1 is 0.540 bits per heavy atom. The number of rotatable bonds is 6. The Bertz CT molecular complexity index is 3280. The molecule has 0 aliphatic rings. The fraction of sp³-hybridized carbons (Fsp3) is 0.288. The number of hydrogen-bond acceptors (Lipinski definition) is 3. The molecule has 8 aromatic rings. The van der Waals surface area contributed by atoms with Crippen LogP contribution in [0.1, 0.15) is 119 Å². The molecular formula is C59H63N3O. The molecule has 63 heavy (non-hydrogen) atoms. The van der Waals surface area contributed by atoms with E-state index in [1.807, 2.05) is 30.3 Å². The number of para-hydroxylation sites is 1. The summed E-state index contributed by atoms with van der Waals surface area (Å²) in [5.74, 6) is 0.764. The Kier molecular flexibility index (Phi) is 9.10. The number of fused-ring (bicyclic) bond motifs is 1. The lowest BCUT2D eigenvalue weighted by molar-refractivity contribution is 0.446. The van der Waals surface area contributed by atoms with Crippen molar-refractivity contribution in [2.24, 2.45) is 0 Å². The maximum atomic E-state index is 12.6. The minimum Gasteiger partial charge on any atom is -0.507 e. The third-order valence-electron chi connectivity index (χ3n) is 12.0. The Morgan fingerprint density at radius 3 is 1.87 bits per heavy atom. The summed E-state index contributed by atoms with van der Waals surface area (Å²) in [5, 5.41) is 12.6. The van der Waals surface area contributed by atoms with Crippen LogP contribution in [0.15, 0.2) is 140 Å². The van der Waals surface area contributed by atoms with E-state index in [-0.39, 0.29) is 57.1 Å². The fourth-order valence-corrected chi connectivity index (χ4v) is 8.24. The topological polar surface area (TPSA) is 50.9 Å². The standard InChI is InChI=1S/C59H63N3O/c1-37-19-17-22-39(29-37)40-27-28-60-50(33-40)42-30-41(31-44(32-42)57(5,6)7)46-23-18-24-52-53(46)61-55(48-35-45(58(8,9)10)36-49(54(48)63)59(11,12)13)62(52)51-26-25-43(56(2,3)4)34-47(51)38-20-15-14-16-21-38/h14-36,63H,1-13H3/i1D3,27D,28D,33D. The zero-order valence-corrected chi connectivity index (χ0v) is 38.8. The number of aromatic nitrogens is 3. The number of imidazole rings is 1. The van der Waals surface area contributed by atoms with E-state index in [1.54, 1.807) is 12.1 Å². The molecule has 2 aromatic heterocycles. The van der Waals surface area contributed by atoms with Crippen LogP contribution in [0.2, 0.25) is 0 Å². The highest BCUT2D eigenvalue weighted by molar-refractivity contribution is 5.98. The van der Waals surface area contributed by atoms with Gasteiger partial charge in [-0.05, 0) is 116 Å². The fourth-order valence-electron chi connectivity index (χ4n) is 8.24. The van der Waals surface area contributed by atoms with E-state index >= 15 is 0 Å². The van der Waals surface area contributed by atoms with E-state index < -0.39 is 12.3 Å². The van der Waals surface area contributed by atoms with E-state index in [4.69, 9.17) is 11.8 Å². The minimum absolute atomic E-state index is 0.0727. The molecular weight excluding hydrogens is 767 g/mol. The molecule has 6 aromatic carbocycles. The molecule has 0 unspecified atom stereocenters. The van der Waals surface area contributed by atoms with Crippen molar-refractivity contribution < 1.29 is 13.3 Å². The van der Waals surface area contributed by atoms with Gasteiger partial charge in [-0.3, -0.25) is 9.55 Å². The van der Waals surface area contributed by atoms with Crippen LogP contribution < -0.4 is 0 Å². The molecule has 0 aliphatic carbocycles. The SMILES string of the molecule is [2H]c1nc(-c2cc(-c3cccc4c3nc(-c3cc(C(C)(C)C)cc(C(C)(C)C)c3O)n4-c3ccc(C(C)(C)C)cc3-c3ccccc3)cc(C(C)(C)C)c2)c([2H])c(-c2cccc(C([2H])([2H])[2H])c2)c1[2H]. The van der Waals surface area contributed by atoms with E-state index in [2.05, 4.69) is 159 Å². The number of pyridine rings is 1. The summed E-state index contributed by atoms with van der Waals surface area (Å²) in [6, 6.07) is 39.5. The van der Waals surface area contributed by atoms with E-state index in [9.17, 15) is 6.48 Å². The second kappa shape index (κ2) is 15.8. The first-order valence-corrected chi connectivity index (χ1v) is 21.9. The normalized spacial score (nSPS) is 14.2. The molecule has 0 radical (unpaired) electrons. The number of benzene rings is 6. The summed E-state index contributed by atoms with van der Waals surface area (Å²) in [4.78, 5) is 10.2. The Morgan fingerprint density at radius 2 is 1.19 bits per heavy atom. The van der Waals surface area contributed by atoms with Crippen LogP contribution in [0, 0.1) is 6.85 Å². The van der Waals surface area contributed by atoms with Crippen molar-refractivity contribution in [3.63, 3.8) is 0 Å². The highest BCUT2D eigenvalue weighted by atomic mass is 16.3. The van der Waals surface area contributed by atoms with Gasteiger partial charge in [-0.2, -0.15) is 0 Å². The minimum atomic E-state index is -2.40. The molecule has 0 fully saturated rings. The van der Waals surface area contributed by atoms with Gasteiger partial charge in [0.15, 0.2) is 0 Å². The van der Waals surface area contributed by atoms with E-state index in [1.165, 1.54) is 17.7 Å². The number of phenolic OH excluding ortho intramolecular Hbond substituents is 1. The predicted molar refractivity (Wildman–Crippen MR) is 267 cm³/mol. The lowest BCUT2D eigenvalue weighted by Gasteiger charge is -2.28. The number of phenols is 1. The number of aromatic hydroxyl groups is 1. The van der Waals surface area contributed by atoms with Crippen molar-refractivity contribution in [3.05, 3.63) is 167 Å². The van der Waals surface area contributed by atoms with Gasteiger partial charge in [0.05, 0.1) is 32.1 Å². The number of hydrogen-bond donors (Lipinski definition) is 1. The summed E-state index contributed by atoms with van der Waals surface area (Å²) in [6.45, 7) is 23.5. The monoisotopic (exact) mass is 836 g/mol. The first-order valence-electron chi connectivity index (χ1n) is 24.9. The summed E-state index contributed by atoms with van der Waals surface area (Å²) >= 11 is 0. The zero-order valence-electron chi connectivity index (χ0n) is 44.8. The first kappa shape index (κ1) is 36.2. The maximum absolute atomic E-state index is 12.6. The molecule has 0 spiro atoms. The molecule has 0 bridgehead atoms. The molecule has 8 rings (SSSR count). The van der Waals surface area contributed by atoms with Crippen molar-refractivity contribution in [1.82, 2.24) is 14.5 Å². The lowest BCUT2D eigenvalue weighted by atomic mass is 9.79. The van der Waals surface area contributed by atoms with Crippen molar-refractivity contribution in [2.45, 2.75) is 112 Å². The molecule has 320 valence electrons. The van der Waals surface area contributed by atoms with Crippen LogP contribution >= 0.6 is 0 Å². The van der Waals surface area contributed by atoms with Gasteiger partial charge in [0.25, 0.3) is 0 Å². The van der Waals surface area contributed by atoms with Gasteiger partial charge in [-0.25, -0.2) is 4.98 Å². The maximum Gasteiger partial charge on any atom is 0.149 e. The highest BCUT2D eigenvalue weighted by Crippen LogP contribution is 2.46. The molecule has 0 amide bonds. The van der Waals surface area contributed by atoms with Gasteiger partial charge in [0, 0.05) is 32.5 Å². The molecule has 1 N–H and O–H groups in total. The lowest BCUT2D eigenvalue weighted by Crippen LogP contribution is -2.17. The second-order valence-electron chi connectivity index (χ2n) is 21.0. The van der Waals surface area contributed by atoms with Gasteiger partial charge in [0.1, 0.15) is 11.6 Å². The second-order valence-corrected chi connectivity index (χ2v) is 21.0. The van der Waals surface area contributed by atoms with Gasteiger partial charge in [-0.1, -0.05) is 174 Å². The van der Waals surface area contributed by atoms with Crippen LogP contribution in [0.4, 0.5) is 0 Å². The summed E-state index contributed by atoms with van der Waals surface area (Å²) in [5.41, 5.74) is 11.0. The molecule has 4 heteroatoms. The third-order valence-corrected chi connectivity index (χ3v) is 12.0. The van der Waals surface area contributed by atoms with Crippen LogP contribution in [0.25, 0.3) is 72.7 Å². The van der Waals surface area contributed by atoms with Crippen molar-refractivity contribution >= 4 is 11.0 Å². The average molecular weight is 836 g/mol. The highest BCUT2D eigenvalue weighted by Gasteiger charge is 2.30. The average Bonchev–Trinajstić information content (AvgIpc) is 3.65. The Balaban J connectivity index is 1.47. The molecule has 0 saturated heterocycles. The van der Waals surface area contributed by atoms with E-state index in [0.29, 0.717) is 28.0 Å². The smallest absolute Gasteiger partial charge is 0.149 e. The quantitative estimate of drug-likeness (QED) is 0.182. The summed E-state index contributed by atoms with van der Waals surface area (Å²) < 4.78 is 53.7. The van der Waals surface area contributed by atoms with Gasteiger partial charge in [0.2, 0.25) is 0 Å². The molecule has 2 heterocycles. The molecule has 0 atom stereocenters. The van der Waals surface area contributed by atoms with Gasteiger partial charge in [-0.15, -0.1) is 0 Å². The van der Waals surface area contributed by atoms with Crippen molar-refractivity contribution in [3.8, 4) is 67.5 Å². The first-order chi connectivity index (χ1) is 32.0. The van der Waals surface area contributed by atoms with E-state index in [0.717, 1.165) is 50.1 Å².